The first-order valence-corrected chi connectivity index (χ1v) is 16.5. The summed E-state index contributed by atoms with van der Waals surface area (Å²) >= 11 is 0. The van der Waals surface area contributed by atoms with Crippen molar-refractivity contribution in [1.29, 1.82) is 0 Å². The molecule has 2 N–H and O–H groups in total. The molecular formula is C38H48NO8+. The number of hydrogen-bond acceptors (Lipinski definition) is 8. The van der Waals surface area contributed by atoms with E-state index in [9.17, 15) is 15.0 Å². The van der Waals surface area contributed by atoms with Crippen molar-refractivity contribution in [2.45, 2.75) is 84.0 Å². The number of methoxy groups -OCH3 is 4. The zero-order valence-electron chi connectivity index (χ0n) is 28.5. The van der Waals surface area contributed by atoms with Crippen LogP contribution in [0, 0.1) is 0 Å². The second-order valence-electron chi connectivity index (χ2n) is 12.4. The number of esters is 1. The number of aliphatic hydroxyl groups excluding tert-OH is 2. The van der Waals surface area contributed by atoms with Crippen LogP contribution >= 0.6 is 0 Å². The monoisotopic (exact) mass is 646 g/mol. The van der Waals surface area contributed by atoms with Crippen LogP contribution < -0.4 is 23.5 Å². The Morgan fingerprint density at radius 1 is 0.851 bits per heavy atom. The van der Waals surface area contributed by atoms with Gasteiger partial charge in [0.2, 0.25) is 5.69 Å². The van der Waals surface area contributed by atoms with Gasteiger partial charge in [-0.3, -0.25) is 4.79 Å². The second kappa shape index (κ2) is 15.2. The highest BCUT2D eigenvalue weighted by molar-refractivity contribution is 5.97. The van der Waals surface area contributed by atoms with Crippen molar-refractivity contribution >= 4 is 16.7 Å². The van der Waals surface area contributed by atoms with Gasteiger partial charge in [-0.05, 0) is 85.7 Å². The van der Waals surface area contributed by atoms with E-state index in [-0.39, 0.29) is 12.4 Å². The molecule has 2 atom stereocenters. The summed E-state index contributed by atoms with van der Waals surface area (Å²) in [4.78, 5) is 13.4. The molecule has 1 aromatic heterocycles. The van der Waals surface area contributed by atoms with Gasteiger partial charge in [0.05, 0.1) is 64.6 Å². The van der Waals surface area contributed by atoms with Gasteiger partial charge in [0.15, 0.2) is 35.7 Å². The molecule has 2 aromatic carbocycles. The second-order valence-corrected chi connectivity index (χ2v) is 12.4. The summed E-state index contributed by atoms with van der Waals surface area (Å²) in [6.45, 7) is 4.83. The van der Waals surface area contributed by atoms with Crippen LogP contribution in [0.25, 0.3) is 22.0 Å². The molecule has 0 saturated carbocycles. The Balaban J connectivity index is 1.26. The van der Waals surface area contributed by atoms with E-state index in [0.717, 1.165) is 101 Å². The van der Waals surface area contributed by atoms with Crippen LogP contribution in [0.1, 0.15) is 63.5 Å². The normalized spacial score (nSPS) is 17.1. The quantitative estimate of drug-likeness (QED) is 0.0979. The van der Waals surface area contributed by atoms with Crippen molar-refractivity contribution < 1.29 is 43.3 Å². The summed E-state index contributed by atoms with van der Waals surface area (Å²) in [5, 5.41) is 22.5. The predicted octanol–water partition coefficient (Wildman–Crippen LogP) is 5.81. The fourth-order valence-electron chi connectivity index (χ4n) is 6.83. The van der Waals surface area contributed by atoms with E-state index < -0.39 is 12.2 Å². The first-order chi connectivity index (χ1) is 22.7. The van der Waals surface area contributed by atoms with Crippen molar-refractivity contribution in [3.05, 3.63) is 64.4 Å². The summed E-state index contributed by atoms with van der Waals surface area (Å²) in [5.74, 6) is 2.28. The Kier molecular flexibility index (Phi) is 11.1. The van der Waals surface area contributed by atoms with Crippen molar-refractivity contribution in [2.75, 3.05) is 35.0 Å². The van der Waals surface area contributed by atoms with Gasteiger partial charge in [-0.15, -0.1) is 0 Å². The van der Waals surface area contributed by atoms with E-state index >= 15 is 0 Å². The number of benzene rings is 2. The van der Waals surface area contributed by atoms with Crippen LogP contribution in [-0.4, -0.2) is 63.4 Å². The molecule has 9 nitrogen and oxygen atoms in total. The van der Waals surface area contributed by atoms with Crippen LogP contribution in [-0.2, 0) is 28.9 Å². The van der Waals surface area contributed by atoms with Crippen molar-refractivity contribution in [3.8, 4) is 34.3 Å². The number of nitrogens with zero attached hydrogens (tertiary/aromatic N) is 1. The third kappa shape index (κ3) is 7.11. The lowest BCUT2D eigenvalue weighted by Crippen LogP contribution is -2.41. The molecule has 0 radical (unpaired) electrons. The van der Waals surface area contributed by atoms with Crippen LogP contribution in [0.15, 0.2) is 53.3 Å². The van der Waals surface area contributed by atoms with Crippen molar-refractivity contribution in [3.63, 3.8) is 0 Å². The number of hydrogen-bond donors (Lipinski definition) is 2. The number of carbonyl (C=O) groups excluding carboxylic acids is 1. The largest absolute Gasteiger partial charge is 0.493 e. The van der Waals surface area contributed by atoms with Crippen LogP contribution in [0.3, 0.4) is 0 Å². The Bertz CT molecular complexity index is 1690. The predicted molar refractivity (Wildman–Crippen MR) is 180 cm³/mol. The van der Waals surface area contributed by atoms with Gasteiger partial charge in [-0.25, -0.2) is 0 Å². The topological polar surface area (TPSA) is 108 Å². The lowest BCUT2D eigenvalue weighted by Gasteiger charge is -2.26. The number of fused-ring (bicyclic) bond motifs is 4. The molecule has 252 valence electrons. The smallest absolute Gasteiger partial charge is 0.310 e. The van der Waals surface area contributed by atoms with Crippen LogP contribution in [0.4, 0.5) is 0 Å². The molecule has 0 saturated heterocycles. The third-order valence-electron chi connectivity index (χ3n) is 9.65. The lowest BCUT2D eigenvalue weighted by molar-refractivity contribution is -0.686. The molecule has 1 aliphatic carbocycles. The maximum atomic E-state index is 13.4. The minimum atomic E-state index is -0.605. The molecule has 0 spiro atoms. The van der Waals surface area contributed by atoms with Gasteiger partial charge < -0.3 is 33.9 Å². The van der Waals surface area contributed by atoms with Gasteiger partial charge >= 0.3 is 5.97 Å². The Labute approximate surface area is 277 Å². The Hall–Kier alpha value is -4.08. The highest BCUT2D eigenvalue weighted by Crippen LogP contribution is 2.42. The number of ether oxygens (including phenoxy) is 5. The highest BCUT2D eigenvalue weighted by Gasteiger charge is 2.32. The van der Waals surface area contributed by atoms with Crippen molar-refractivity contribution in [2.24, 2.45) is 0 Å². The number of carbonyl (C=O) groups is 1. The van der Waals surface area contributed by atoms with E-state index in [1.54, 1.807) is 34.5 Å². The fourth-order valence-corrected chi connectivity index (χ4v) is 6.83. The number of pyridine rings is 1. The van der Waals surface area contributed by atoms with Gasteiger partial charge in [0, 0.05) is 17.4 Å². The maximum Gasteiger partial charge on any atom is 0.310 e. The molecule has 2 aliphatic rings. The van der Waals surface area contributed by atoms with Crippen LogP contribution in [0.2, 0.25) is 0 Å². The summed E-state index contributed by atoms with van der Waals surface area (Å²) in [7, 11) is 6.50. The molecule has 9 heteroatoms. The number of unbranched alkanes of at least 4 members (excludes halogenated alkanes) is 4. The van der Waals surface area contributed by atoms with Gasteiger partial charge in [0.25, 0.3) is 0 Å². The van der Waals surface area contributed by atoms with E-state index in [4.69, 9.17) is 23.7 Å². The molecule has 2 unspecified atom stereocenters. The third-order valence-corrected chi connectivity index (χ3v) is 9.65. The van der Waals surface area contributed by atoms with Crippen LogP contribution in [0.5, 0.6) is 23.0 Å². The Morgan fingerprint density at radius 3 is 2.28 bits per heavy atom. The summed E-state index contributed by atoms with van der Waals surface area (Å²) in [5.41, 5.74) is 6.54. The molecular weight excluding hydrogens is 598 g/mol. The number of rotatable bonds is 14. The number of aliphatic hydroxyl groups is 2. The zero-order chi connectivity index (χ0) is 33.7. The molecule has 2 heterocycles. The van der Waals surface area contributed by atoms with Gasteiger partial charge in [-0.2, -0.15) is 4.57 Å². The zero-order valence-corrected chi connectivity index (χ0v) is 28.5. The van der Waals surface area contributed by atoms with Crippen molar-refractivity contribution in [1.82, 2.24) is 0 Å². The Morgan fingerprint density at radius 2 is 1.55 bits per heavy atom. The lowest BCUT2D eigenvalue weighted by atomic mass is 9.86. The minimum absolute atomic E-state index is 0.104. The molecule has 3 aromatic rings. The molecule has 0 fully saturated rings. The standard InChI is InChI=1S/C38H48NO8/c1-23-24(2)37(42)26(18-31(23)40)12-10-8-7-9-11-17-47-35(41)21-29-27-13-14-32(43-3)38(46-6)30(27)22-39-16-15-25-19-33(44-4)34(45-5)20-28(25)36(29)39/h13-14,18-20,22,31,37,40,42H,7-12,15-17,21H2,1-6H3/q+1. The fraction of sp³-hybridized carbons (Fsp3) is 0.474. The molecule has 0 amide bonds. The molecule has 1 aliphatic heterocycles. The van der Waals surface area contributed by atoms with E-state index in [1.807, 2.05) is 38.1 Å². The minimum Gasteiger partial charge on any atom is -0.493 e. The van der Waals surface area contributed by atoms with E-state index in [0.29, 0.717) is 29.6 Å². The van der Waals surface area contributed by atoms with E-state index in [2.05, 4.69) is 10.8 Å². The molecule has 47 heavy (non-hydrogen) atoms. The summed E-state index contributed by atoms with van der Waals surface area (Å²) in [6, 6.07) is 7.87. The molecule has 5 rings (SSSR count). The summed E-state index contributed by atoms with van der Waals surface area (Å²) < 4.78 is 30.6. The number of aryl methyl sites for hydroxylation is 2. The van der Waals surface area contributed by atoms with E-state index in [1.165, 1.54) is 0 Å². The average Bonchev–Trinajstić information content (AvgIpc) is 3.08. The van der Waals surface area contributed by atoms with Gasteiger partial charge in [0.1, 0.15) is 0 Å². The summed E-state index contributed by atoms with van der Waals surface area (Å²) in [6.07, 6.45) is 9.02. The van der Waals surface area contributed by atoms with Gasteiger partial charge in [-0.1, -0.05) is 19.3 Å². The SMILES string of the molecule is COc1cc2c(cc1OC)-c1c(CC(=O)OCCCCCCCC3=CC(O)C(C)=C(C)C3O)c3ccc(OC)c(OC)c3c[n+]1CC2. The number of aromatic nitrogens is 1. The highest BCUT2D eigenvalue weighted by atomic mass is 16.5. The first-order valence-electron chi connectivity index (χ1n) is 16.5. The molecule has 0 bridgehead atoms. The maximum absolute atomic E-state index is 13.4. The first kappa shape index (κ1) is 34.3. The average molecular weight is 647 g/mol.